The first kappa shape index (κ1) is 17.3. The number of rotatable bonds is 5. The molecule has 1 saturated heterocycles. The first-order valence-electron chi connectivity index (χ1n) is 7.01. The van der Waals surface area contributed by atoms with Gasteiger partial charge in [0.1, 0.15) is 0 Å². The van der Waals surface area contributed by atoms with Crippen LogP contribution in [0.5, 0.6) is 0 Å². The Labute approximate surface area is 134 Å². The average molecular weight is 342 g/mol. The van der Waals surface area contributed by atoms with Gasteiger partial charge in [-0.3, -0.25) is 14.9 Å². The maximum Gasteiger partial charge on any atom is 0.269 e. The van der Waals surface area contributed by atoms with Crippen molar-refractivity contribution < 1.29 is 18.1 Å². The third-order valence-corrected chi connectivity index (χ3v) is 5.40. The lowest BCUT2D eigenvalue weighted by molar-refractivity contribution is -0.384. The lowest BCUT2D eigenvalue weighted by atomic mass is 10.3. The Morgan fingerprint density at radius 1 is 1.30 bits per heavy atom. The van der Waals surface area contributed by atoms with Gasteiger partial charge in [-0.1, -0.05) is 0 Å². The van der Waals surface area contributed by atoms with Crippen LogP contribution in [0.15, 0.2) is 29.2 Å². The summed E-state index contributed by atoms with van der Waals surface area (Å²) in [7, 11) is -2.55. The summed E-state index contributed by atoms with van der Waals surface area (Å²) in [5.74, 6) is -0.264. The van der Waals surface area contributed by atoms with Gasteiger partial charge in [-0.2, -0.15) is 4.31 Å². The summed E-state index contributed by atoms with van der Waals surface area (Å²) < 4.78 is 25.8. The number of nitro benzene ring substituents is 1. The second kappa shape index (κ2) is 7.02. The van der Waals surface area contributed by atoms with Gasteiger partial charge in [0, 0.05) is 45.4 Å². The van der Waals surface area contributed by atoms with Gasteiger partial charge in [-0.05, 0) is 12.1 Å². The lowest BCUT2D eigenvalue weighted by Crippen LogP contribution is -2.49. The quantitative estimate of drug-likeness (QED) is 0.578. The second-order valence-corrected chi connectivity index (χ2v) is 7.19. The highest BCUT2D eigenvalue weighted by atomic mass is 32.2. The van der Waals surface area contributed by atoms with Crippen molar-refractivity contribution >= 4 is 21.6 Å². The van der Waals surface area contributed by atoms with Crippen molar-refractivity contribution in [2.24, 2.45) is 0 Å². The molecule has 1 aliphatic rings. The van der Waals surface area contributed by atoms with E-state index in [1.807, 2.05) is 0 Å². The zero-order valence-electron chi connectivity index (χ0n) is 12.6. The van der Waals surface area contributed by atoms with Crippen LogP contribution in [0, 0.1) is 10.1 Å². The minimum absolute atomic E-state index is 0.0845. The van der Waals surface area contributed by atoms with E-state index in [0.29, 0.717) is 26.2 Å². The molecule has 0 atom stereocenters. The SMILES string of the molecule is CN(CC(=O)N1CCNCC1)S(=O)(=O)c1ccc([N+](=O)[O-])cc1. The van der Waals surface area contributed by atoms with Crippen molar-refractivity contribution in [3.8, 4) is 0 Å². The van der Waals surface area contributed by atoms with Gasteiger partial charge in [-0.15, -0.1) is 0 Å². The second-order valence-electron chi connectivity index (χ2n) is 5.14. The van der Waals surface area contributed by atoms with Crippen molar-refractivity contribution in [3.63, 3.8) is 0 Å². The van der Waals surface area contributed by atoms with Gasteiger partial charge >= 0.3 is 0 Å². The molecule has 1 heterocycles. The minimum Gasteiger partial charge on any atom is -0.339 e. The summed E-state index contributed by atoms with van der Waals surface area (Å²) in [5, 5.41) is 13.7. The van der Waals surface area contributed by atoms with Crippen LogP contribution in [-0.4, -0.2) is 68.2 Å². The third kappa shape index (κ3) is 4.03. The molecule has 0 unspecified atom stereocenters. The first-order chi connectivity index (χ1) is 10.8. The summed E-state index contributed by atoms with van der Waals surface area (Å²) in [4.78, 5) is 23.7. The Balaban J connectivity index is 2.08. The first-order valence-corrected chi connectivity index (χ1v) is 8.45. The topological polar surface area (TPSA) is 113 Å². The van der Waals surface area contributed by atoms with Crippen LogP contribution in [0.3, 0.4) is 0 Å². The van der Waals surface area contributed by atoms with Gasteiger partial charge in [-0.25, -0.2) is 8.42 Å². The zero-order valence-corrected chi connectivity index (χ0v) is 13.5. The number of sulfonamides is 1. The molecule has 0 bridgehead atoms. The Bertz CT molecular complexity index is 683. The van der Waals surface area contributed by atoms with Crippen LogP contribution in [0.2, 0.25) is 0 Å². The van der Waals surface area contributed by atoms with E-state index in [4.69, 9.17) is 0 Å². The standard InChI is InChI=1S/C13H18N4O5S/c1-15(10-13(18)16-8-6-14-7-9-16)23(21,22)12-4-2-11(3-5-12)17(19)20/h2-5,14H,6-10H2,1H3. The summed E-state index contributed by atoms with van der Waals surface area (Å²) >= 11 is 0. The Hall–Kier alpha value is -2.04. The van der Waals surface area contributed by atoms with Crippen LogP contribution in [0.25, 0.3) is 0 Å². The van der Waals surface area contributed by atoms with E-state index in [1.165, 1.54) is 19.2 Å². The molecule has 10 heteroatoms. The number of piperazine rings is 1. The van der Waals surface area contributed by atoms with E-state index in [0.717, 1.165) is 16.4 Å². The monoisotopic (exact) mass is 342 g/mol. The average Bonchev–Trinajstić information content (AvgIpc) is 2.55. The number of nitrogens with zero attached hydrogens (tertiary/aromatic N) is 3. The van der Waals surface area contributed by atoms with E-state index >= 15 is 0 Å². The van der Waals surface area contributed by atoms with E-state index in [2.05, 4.69) is 5.32 Å². The summed E-state index contributed by atoms with van der Waals surface area (Å²) in [6.07, 6.45) is 0. The Morgan fingerprint density at radius 2 is 1.87 bits per heavy atom. The number of benzene rings is 1. The molecular weight excluding hydrogens is 324 g/mol. The number of hydrogen-bond acceptors (Lipinski definition) is 6. The largest absolute Gasteiger partial charge is 0.339 e. The van der Waals surface area contributed by atoms with Crippen molar-refractivity contribution in [1.29, 1.82) is 0 Å². The lowest BCUT2D eigenvalue weighted by Gasteiger charge is -2.29. The van der Waals surface area contributed by atoms with Crippen molar-refractivity contribution in [2.75, 3.05) is 39.8 Å². The van der Waals surface area contributed by atoms with E-state index in [1.54, 1.807) is 4.90 Å². The molecule has 23 heavy (non-hydrogen) atoms. The van der Waals surface area contributed by atoms with E-state index in [9.17, 15) is 23.3 Å². The van der Waals surface area contributed by atoms with Crippen LogP contribution >= 0.6 is 0 Å². The minimum atomic E-state index is -3.87. The third-order valence-electron chi connectivity index (χ3n) is 3.58. The molecule has 1 aliphatic heterocycles. The normalized spacial score (nSPS) is 15.7. The molecule has 126 valence electrons. The van der Waals surface area contributed by atoms with Gasteiger partial charge in [0.2, 0.25) is 15.9 Å². The molecule has 1 aromatic rings. The zero-order chi connectivity index (χ0) is 17.0. The molecule has 1 amide bonds. The van der Waals surface area contributed by atoms with Gasteiger partial charge in [0.15, 0.2) is 0 Å². The number of carbonyl (C=O) groups is 1. The fourth-order valence-electron chi connectivity index (χ4n) is 2.21. The fourth-order valence-corrected chi connectivity index (χ4v) is 3.33. The highest BCUT2D eigenvalue weighted by Gasteiger charge is 2.26. The van der Waals surface area contributed by atoms with Crippen molar-refractivity contribution in [2.45, 2.75) is 4.90 Å². The molecular formula is C13H18N4O5S. The molecule has 9 nitrogen and oxygen atoms in total. The van der Waals surface area contributed by atoms with Crippen molar-refractivity contribution in [1.82, 2.24) is 14.5 Å². The summed E-state index contributed by atoms with van der Waals surface area (Å²) in [5.41, 5.74) is -0.191. The summed E-state index contributed by atoms with van der Waals surface area (Å²) in [6.45, 7) is 2.20. The molecule has 0 aliphatic carbocycles. The van der Waals surface area contributed by atoms with Crippen LogP contribution in [0.4, 0.5) is 5.69 Å². The van der Waals surface area contributed by atoms with Crippen LogP contribution < -0.4 is 5.32 Å². The molecule has 0 radical (unpaired) electrons. The number of nitrogens with one attached hydrogen (secondary N) is 1. The fraction of sp³-hybridized carbons (Fsp3) is 0.462. The molecule has 0 aromatic heterocycles. The summed E-state index contributed by atoms with van der Waals surface area (Å²) in [6, 6.07) is 4.58. The number of likely N-dealkylation sites (N-methyl/N-ethyl adjacent to an activating group) is 1. The molecule has 1 aromatic carbocycles. The Morgan fingerprint density at radius 3 is 2.39 bits per heavy atom. The number of nitro groups is 1. The van der Waals surface area contributed by atoms with Gasteiger partial charge in [0.05, 0.1) is 16.4 Å². The van der Waals surface area contributed by atoms with Gasteiger partial charge in [0.25, 0.3) is 5.69 Å². The van der Waals surface area contributed by atoms with Crippen LogP contribution in [-0.2, 0) is 14.8 Å². The molecule has 0 saturated carbocycles. The molecule has 1 fully saturated rings. The predicted molar refractivity (Wildman–Crippen MR) is 82.4 cm³/mol. The Kier molecular flexibility index (Phi) is 5.29. The molecule has 1 N–H and O–H groups in total. The maximum absolute atomic E-state index is 12.4. The number of carbonyl (C=O) groups excluding carboxylic acids is 1. The van der Waals surface area contributed by atoms with Crippen molar-refractivity contribution in [3.05, 3.63) is 34.4 Å². The predicted octanol–water partition coefficient (Wildman–Crippen LogP) is -0.353. The van der Waals surface area contributed by atoms with E-state index < -0.39 is 14.9 Å². The molecule has 0 spiro atoms. The molecule has 2 rings (SSSR count). The van der Waals surface area contributed by atoms with E-state index in [-0.39, 0.29) is 23.0 Å². The highest BCUT2D eigenvalue weighted by Crippen LogP contribution is 2.18. The smallest absolute Gasteiger partial charge is 0.269 e. The highest BCUT2D eigenvalue weighted by molar-refractivity contribution is 7.89. The van der Waals surface area contributed by atoms with Crippen LogP contribution in [0.1, 0.15) is 0 Å². The maximum atomic E-state index is 12.4. The number of non-ortho nitro benzene ring substituents is 1. The number of hydrogen-bond donors (Lipinski definition) is 1. The number of amides is 1. The van der Waals surface area contributed by atoms with Gasteiger partial charge < -0.3 is 10.2 Å².